The van der Waals surface area contributed by atoms with Gasteiger partial charge in [-0.2, -0.15) is 0 Å². The summed E-state index contributed by atoms with van der Waals surface area (Å²) in [7, 11) is 0. The third-order valence-electron chi connectivity index (χ3n) is 5.13. The molecule has 1 heterocycles. The van der Waals surface area contributed by atoms with Crippen molar-refractivity contribution in [2.75, 3.05) is 19.7 Å². The predicted octanol–water partition coefficient (Wildman–Crippen LogP) is -1.75. The van der Waals surface area contributed by atoms with Crippen LogP contribution in [0.5, 0.6) is 0 Å². The number of hydrogen-bond donors (Lipinski definition) is 4. The van der Waals surface area contributed by atoms with Crippen LogP contribution in [0.3, 0.4) is 0 Å². The van der Waals surface area contributed by atoms with Crippen LogP contribution in [0.2, 0.25) is 0 Å². The van der Waals surface area contributed by atoms with Gasteiger partial charge in [0.2, 0.25) is 0 Å². The highest BCUT2D eigenvalue weighted by Gasteiger charge is 2.39. The van der Waals surface area contributed by atoms with E-state index in [9.17, 15) is 15.2 Å². The van der Waals surface area contributed by atoms with Crippen molar-refractivity contribution < 1.29 is 24.9 Å². The number of rotatable bonds is 6. The highest BCUT2D eigenvalue weighted by atomic mass is 16.8. The van der Waals surface area contributed by atoms with E-state index in [0.717, 1.165) is 37.1 Å². The van der Waals surface area contributed by atoms with E-state index in [2.05, 4.69) is 0 Å². The SMILES string of the molecule is CCOC1CCC(C(=O)C[NH+]2CCCCC2N)CC1[NH+]([O-])O. The molecule has 7 nitrogen and oxygen atoms in total. The van der Waals surface area contributed by atoms with Gasteiger partial charge < -0.3 is 14.8 Å². The number of carbonyl (C=O) groups is 1. The van der Waals surface area contributed by atoms with Crippen LogP contribution in [0.4, 0.5) is 0 Å². The maximum Gasteiger partial charge on any atom is 0.190 e. The first-order chi connectivity index (χ1) is 10.5. The van der Waals surface area contributed by atoms with Crippen LogP contribution in [0, 0.1) is 11.1 Å². The molecule has 0 amide bonds. The van der Waals surface area contributed by atoms with Gasteiger partial charge in [0.15, 0.2) is 5.78 Å². The summed E-state index contributed by atoms with van der Waals surface area (Å²) >= 11 is 0. The zero-order valence-corrected chi connectivity index (χ0v) is 13.4. The molecule has 1 aliphatic heterocycles. The van der Waals surface area contributed by atoms with Crippen molar-refractivity contribution in [3.05, 3.63) is 5.21 Å². The summed E-state index contributed by atoms with van der Waals surface area (Å²) in [4.78, 5) is 13.7. The van der Waals surface area contributed by atoms with Gasteiger partial charge in [0, 0.05) is 25.4 Å². The molecule has 2 aliphatic rings. The summed E-state index contributed by atoms with van der Waals surface area (Å²) in [6, 6.07) is -0.562. The number of quaternary nitrogens is 2. The number of piperidine rings is 1. The molecule has 22 heavy (non-hydrogen) atoms. The standard InChI is InChI=1S/C15H29N3O4/c1-2-22-14-7-6-11(9-12(14)18(20)21)13(19)10-17-8-4-3-5-15(17)16/h11-12,14-15,18,20H,2-10,16H2,1H3/p+1. The molecule has 7 heteroatoms. The molecule has 128 valence electrons. The molecule has 5 N–H and O–H groups in total. The molecule has 6 atom stereocenters. The number of hydrogen-bond acceptors (Lipinski definition) is 5. The van der Waals surface area contributed by atoms with Crippen LogP contribution < -0.4 is 15.9 Å². The Bertz CT molecular complexity index is 367. The van der Waals surface area contributed by atoms with E-state index in [0.29, 0.717) is 26.0 Å². The summed E-state index contributed by atoms with van der Waals surface area (Å²) in [5.74, 6) is 0.0213. The topological polar surface area (TPSA) is 104 Å². The molecule has 1 saturated carbocycles. The molecule has 0 aromatic rings. The zero-order valence-electron chi connectivity index (χ0n) is 13.4. The molecule has 2 fully saturated rings. The lowest BCUT2D eigenvalue weighted by Crippen LogP contribution is -3.19. The Balaban J connectivity index is 1.90. The Morgan fingerprint density at radius 1 is 1.41 bits per heavy atom. The molecule has 2 rings (SSSR count). The van der Waals surface area contributed by atoms with Gasteiger partial charge in [-0.3, -0.25) is 10.5 Å². The summed E-state index contributed by atoms with van der Waals surface area (Å²) in [5.41, 5.74) is 6.09. The summed E-state index contributed by atoms with van der Waals surface area (Å²) in [6.07, 6.45) is 4.81. The van der Waals surface area contributed by atoms with Gasteiger partial charge in [-0.25, -0.2) is 10.4 Å². The van der Waals surface area contributed by atoms with Gasteiger partial charge in [-0.15, -0.1) is 0 Å². The molecule has 0 aromatic heterocycles. The molecule has 0 bridgehead atoms. The average Bonchev–Trinajstić information content (AvgIpc) is 2.50. The first-order valence-corrected chi connectivity index (χ1v) is 8.50. The summed E-state index contributed by atoms with van der Waals surface area (Å²) in [6.45, 7) is 3.78. The maximum atomic E-state index is 12.5. The van der Waals surface area contributed by atoms with Gasteiger partial charge in [0.1, 0.15) is 24.9 Å². The van der Waals surface area contributed by atoms with Crippen LogP contribution in [0.15, 0.2) is 0 Å². The monoisotopic (exact) mass is 316 g/mol. The van der Waals surface area contributed by atoms with E-state index in [-0.39, 0.29) is 24.0 Å². The predicted molar refractivity (Wildman–Crippen MR) is 80.2 cm³/mol. The Morgan fingerprint density at radius 3 is 2.82 bits per heavy atom. The molecule has 6 unspecified atom stereocenters. The molecule has 1 saturated heterocycles. The molecule has 0 aromatic carbocycles. The van der Waals surface area contributed by atoms with Crippen molar-refractivity contribution in [1.82, 2.24) is 0 Å². The van der Waals surface area contributed by atoms with E-state index in [1.807, 2.05) is 6.92 Å². The highest BCUT2D eigenvalue weighted by Crippen LogP contribution is 2.26. The minimum absolute atomic E-state index is 0.0488. The normalized spacial score (nSPS) is 37.7. The molecule has 1 aliphatic carbocycles. The highest BCUT2D eigenvalue weighted by molar-refractivity contribution is 5.82. The number of Topliss-reactive ketones (excluding diaryl/α,β-unsaturated/α-hetero) is 1. The number of ketones is 1. The van der Waals surface area contributed by atoms with Crippen molar-refractivity contribution in [3.63, 3.8) is 0 Å². The Kier molecular flexibility index (Phi) is 6.73. The van der Waals surface area contributed by atoms with E-state index < -0.39 is 11.3 Å². The van der Waals surface area contributed by atoms with Gasteiger partial charge in [-0.05, 0) is 32.6 Å². The molecular formula is C15H30N3O4+. The first-order valence-electron chi connectivity index (χ1n) is 8.50. The van der Waals surface area contributed by atoms with Crippen molar-refractivity contribution in [3.8, 4) is 0 Å². The summed E-state index contributed by atoms with van der Waals surface area (Å²) < 4.78 is 5.53. The van der Waals surface area contributed by atoms with E-state index in [1.165, 1.54) is 0 Å². The van der Waals surface area contributed by atoms with E-state index >= 15 is 0 Å². The molecule has 0 spiro atoms. The smallest absolute Gasteiger partial charge is 0.190 e. The van der Waals surface area contributed by atoms with E-state index in [4.69, 9.17) is 10.5 Å². The van der Waals surface area contributed by atoms with Crippen LogP contribution in [-0.2, 0) is 9.53 Å². The van der Waals surface area contributed by atoms with Crippen molar-refractivity contribution >= 4 is 5.78 Å². The lowest BCUT2D eigenvalue weighted by molar-refractivity contribution is -1.07. The third kappa shape index (κ3) is 4.47. The largest absolute Gasteiger partial charge is 0.600 e. The lowest BCUT2D eigenvalue weighted by atomic mass is 9.81. The molecular weight excluding hydrogens is 286 g/mol. The number of hydroxylamine groups is 2. The minimum atomic E-state index is -0.849. The lowest BCUT2D eigenvalue weighted by Gasteiger charge is -2.38. The number of likely N-dealkylation sites (tertiary alicyclic amines) is 1. The number of carbonyl (C=O) groups excluding carboxylic acids is 1. The van der Waals surface area contributed by atoms with Gasteiger partial charge in [-0.1, -0.05) is 0 Å². The maximum absolute atomic E-state index is 12.5. The summed E-state index contributed by atoms with van der Waals surface area (Å²) in [5, 5.41) is 20.0. The fourth-order valence-corrected chi connectivity index (χ4v) is 3.80. The second-order valence-electron chi connectivity index (χ2n) is 6.60. The minimum Gasteiger partial charge on any atom is -0.600 e. The van der Waals surface area contributed by atoms with Crippen LogP contribution in [-0.4, -0.2) is 49.0 Å². The Hall–Kier alpha value is -0.570. The van der Waals surface area contributed by atoms with Gasteiger partial charge in [0.05, 0.1) is 6.54 Å². The van der Waals surface area contributed by atoms with Gasteiger partial charge >= 0.3 is 0 Å². The quantitative estimate of drug-likeness (QED) is 0.435. The van der Waals surface area contributed by atoms with Crippen LogP contribution in [0.25, 0.3) is 0 Å². The average molecular weight is 316 g/mol. The van der Waals surface area contributed by atoms with Gasteiger partial charge in [0.25, 0.3) is 0 Å². The fraction of sp³-hybridized carbons (Fsp3) is 0.933. The van der Waals surface area contributed by atoms with Crippen molar-refractivity contribution in [2.45, 2.75) is 63.8 Å². The number of nitrogens with two attached hydrogens (primary N) is 1. The number of nitrogens with one attached hydrogen (secondary N) is 2. The van der Waals surface area contributed by atoms with Crippen molar-refractivity contribution in [2.24, 2.45) is 11.7 Å². The molecule has 0 radical (unpaired) electrons. The van der Waals surface area contributed by atoms with Crippen molar-refractivity contribution in [1.29, 1.82) is 0 Å². The Labute approximate surface area is 131 Å². The first kappa shape index (κ1) is 17.8. The third-order valence-corrected chi connectivity index (χ3v) is 5.13. The Morgan fingerprint density at radius 2 is 2.18 bits per heavy atom. The number of ether oxygens (including phenoxy) is 1. The fourth-order valence-electron chi connectivity index (χ4n) is 3.80. The van der Waals surface area contributed by atoms with E-state index in [1.54, 1.807) is 0 Å². The van der Waals surface area contributed by atoms with Crippen LogP contribution >= 0.6 is 0 Å². The second kappa shape index (κ2) is 8.33. The second-order valence-corrected chi connectivity index (χ2v) is 6.60. The zero-order chi connectivity index (χ0) is 16.1. The van der Waals surface area contributed by atoms with Crippen LogP contribution in [0.1, 0.15) is 45.4 Å².